The Morgan fingerprint density at radius 3 is 2.80 bits per heavy atom. The number of rotatable bonds is 1. The Bertz CT molecular complexity index is 279. The van der Waals surface area contributed by atoms with E-state index in [4.69, 9.17) is 0 Å². The second kappa shape index (κ2) is 3.18. The number of nitrogens with zero attached hydrogens (tertiary/aromatic N) is 1. The highest BCUT2D eigenvalue weighted by Gasteiger charge is 1.91. The van der Waals surface area contributed by atoms with Crippen molar-refractivity contribution in [3.05, 3.63) is 32.3 Å². The van der Waals surface area contributed by atoms with Crippen molar-refractivity contribution in [2.45, 2.75) is 13.5 Å². The molecule has 0 spiro atoms. The minimum Gasteiger partial charge on any atom is -0.315 e. The minimum absolute atomic E-state index is 0.0721. The van der Waals surface area contributed by atoms with Crippen LogP contribution in [0.5, 0.6) is 0 Å². The predicted octanol–water partition coefficient (Wildman–Crippen LogP) is 1.47. The molecule has 0 atom stereocenters. The molecule has 1 rings (SSSR count). The lowest BCUT2D eigenvalue weighted by Crippen LogP contribution is -2.16. The van der Waals surface area contributed by atoms with Crippen LogP contribution in [0, 0.1) is 3.57 Å². The lowest BCUT2D eigenvalue weighted by atomic mass is 10.5. The summed E-state index contributed by atoms with van der Waals surface area (Å²) in [5.41, 5.74) is 0.0721. The van der Waals surface area contributed by atoms with E-state index in [2.05, 4.69) is 22.6 Å². The summed E-state index contributed by atoms with van der Waals surface area (Å²) in [7, 11) is 0. The third kappa shape index (κ3) is 1.59. The molecular weight excluding hydrogens is 241 g/mol. The van der Waals surface area contributed by atoms with Gasteiger partial charge in [-0.25, -0.2) is 0 Å². The largest absolute Gasteiger partial charge is 0.315 e. The highest BCUT2D eigenvalue weighted by Crippen LogP contribution is 1.98. The Balaban J connectivity index is 3.22. The van der Waals surface area contributed by atoms with E-state index in [9.17, 15) is 4.79 Å². The zero-order valence-electron chi connectivity index (χ0n) is 5.67. The van der Waals surface area contributed by atoms with Crippen LogP contribution in [-0.2, 0) is 6.54 Å². The Morgan fingerprint density at radius 1 is 1.60 bits per heavy atom. The normalized spacial score (nSPS) is 9.80. The molecule has 3 heteroatoms. The van der Waals surface area contributed by atoms with Crippen LogP contribution in [0.2, 0.25) is 0 Å². The second-order valence-electron chi connectivity index (χ2n) is 1.97. The first kappa shape index (κ1) is 7.78. The third-order valence-corrected chi connectivity index (χ3v) is 1.93. The monoisotopic (exact) mass is 249 g/mol. The topological polar surface area (TPSA) is 22.0 Å². The summed E-state index contributed by atoms with van der Waals surface area (Å²) in [6.45, 7) is 2.70. The molecule has 0 N–H and O–H groups in total. The summed E-state index contributed by atoms with van der Waals surface area (Å²) in [6, 6.07) is 3.40. The van der Waals surface area contributed by atoms with Gasteiger partial charge < -0.3 is 4.57 Å². The van der Waals surface area contributed by atoms with Gasteiger partial charge >= 0.3 is 0 Å². The first-order chi connectivity index (χ1) is 4.74. The van der Waals surface area contributed by atoms with Crippen LogP contribution in [0.4, 0.5) is 0 Å². The molecule has 0 aliphatic carbocycles. The van der Waals surface area contributed by atoms with Gasteiger partial charge in [0.05, 0.1) is 0 Å². The molecule has 0 saturated carbocycles. The minimum atomic E-state index is 0.0721. The van der Waals surface area contributed by atoms with Crippen LogP contribution in [0.25, 0.3) is 0 Å². The highest BCUT2D eigenvalue weighted by molar-refractivity contribution is 14.1. The molecule has 0 aromatic carbocycles. The van der Waals surface area contributed by atoms with Gasteiger partial charge in [-0.3, -0.25) is 4.79 Å². The number of halogens is 1. The molecule has 0 saturated heterocycles. The van der Waals surface area contributed by atoms with Crippen molar-refractivity contribution < 1.29 is 0 Å². The van der Waals surface area contributed by atoms with Gasteiger partial charge in [-0.15, -0.1) is 0 Å². The van der Waals surface area contributed by atoms with E-state index >= 15 is 0 Å². The van der Waals surface area contributed by atoms with E-state index < -0.39 is 0 Å². The van der Waals surface area contributed by atoms with E-state index in [-0.39, 0.29) is 5.56 Å². The fraction of sp³-hybridized carbons (Fsp3) is 0.286. The maximum atomic E-state index is 11.0. The summed E-state index contributed by atoms with van der Waals surface area (Å²) in [4.78, 5) is 11.0. The first-order valence-electron chi connectivity index (χ1n) is 3.10. The van der Waals surface area contributed by atoms with Crippen molar-refractivity contribution in [3.63, 3.8) is 0 Å². The number of pyridine rings is 1. The summed E-state index contributed by atoms with van der Waals surface area (Å²) in [5, 5.41) is 0. The standard InChI is InChI=1S/C7H8INO/c1-2-9-5-6(8)3-4-7(9)10/h3-5H,2H2,1H3. The summed E-state index contributed by atoms with van der Waals surface area (Å²) in [5.74, 6) is 0. The van der Waals surface area contributed by atoms with Crippen molar-refractivity contribution in [1.82, 2.24) is 4.57 Å². The van der Waals surface area contributed by atoms with Gasteiger partial charge in [-0.1, -0.05) is 0 Å². The fourth-order valence-electron chi connectivity index (χ4n) is 0.749. The molecule has 1 aromatic rings. The van der Waals surface area contributed by atoms with E-state index in [1.807, 2.05) is 19.2 Å². The summed E-state index contributed by atoms with van der Waals surface area (Å²) >= 11 is 2.19. The molecule has 0 fully saturated rings. The molecule has 0 radical (unpaired) electrons. The van der Waals surface area contributed by atoms with Crippen LogP contribution in [0.1, 0.15) is 6.92 Å². The van der Waals surface area contributed by atoms with E-state index in [0.717, 1.165) is 10.1 Å². The van der Waals surface area contributed by atoms with E-state index in [1.165, 1.54) is 0 Å². The van der Waals surface area contributed by atoms with Crippen molar-refractivity contribution in [2.75, 3.05) is 0 Å². The lowest BCUT2D eigenvalue weighted by molar-refractivity contribution is 0.724. The molecule has 0 amide bonds. The average Bonchev–Trinajstić information content (AvgIpc) is 1.94. The molecule has 54 valence electrons. The third-order valence-electron chi connectivity index (χ3n) is 1.29. The van der Waals surface area contributed by atoms with Crippen LogP contribution in [0.15, 0.2) is 23.1 Å². The zero-order chi connectivity index (χ0) is 7.56. The van der Waals surface area contributed by atoms with Gasteiger partial charge in [0.15, 0.2) is 0 Å². The average molecular weight is 249 g/mol. The van der Waals surface area contributed by atoms with Crippen molar-refractivity contribution in [2.24, 2.45) is 0 Å². The Hall–Kier alpha value is -0.320. The first-order valence-corrected chi connectivity index (χ1v) is 4.18. The molecule has 1 heterocycles. The number of aromatic nitrogens is 1. The Kier molecular flexibility index (Phi) is 2.48. The Morgan fingerprint density at radius 2 is 2.30 bits per heavy atom. The van der Waals surface area contributed by atoms with Gasteiger partial charge in [0, 0.05) is 22.4 Å². The molecule has 0 bridgehead atoms. The number of aryl methyl sites for hydroxylation is 1. The van der Waals surface area contributed by atoms with Crippen LogP contribution in [0.3, 0.4) is 0 Å². The molecule has 2 nitrogen and oxygen atoms in total. The number of hydrogen-bond acceptors (Lipinski definition) is 1. The van der Waals surface area contributed by atoms with Crippen LogP contribution in [-0.4, -0.2) is 4.57 Å². The van der Waals surface area contributed by atoms with Crippen LogP contribution < -0.4 is 5.56 Å². The fourth-order valence-corrected chi connectivity index (χ4v) is 1.27. The van der Waals surface area contributed by atoms with Crippen molar-refractivity contribution >= 4 is 22.6 Å². The van der Waals surface area contributed by atoms with E-state index in [1.54, 1.807) is 10.6 Å². The van der Waals surface area contributed by atoms with Gasteiger partial charge in [0.25, 0.3) is 5.56 Å². The molecule has 10 heavy (non-hydrogen) atoms. The molecule has 1 aromatic heterocycles. The molecule has 0 aliphatic heterocycles. The Labute approximate surface area is 73.0 Å². The smallest absolute Gasteiger partial charge is 0.250 e. The van der Waals surface area contributed by atoms with Crippen LogP contribution >= 0.6 is 22.6 Å². The van der Waals surface area contributed by atoms with Gasteiger partial charge in [-0.2, -0.15) is 0 Å². The maximum absolute atomic E-state index is 11.0. The van der Waals surface area contributed by atoms with Gasteiger partial charge in [-0.05, 0) is 35.6 Å². The number of hydrogen-bond donors (Lipinski definition) is 0. The summed E-state index contributed by atoms with van der Waals surface area (Å²) < 4.78 is 2.78. The van der Waals surface area contributed by atoms with Crippen molar-refractivity contribution in [3.8, 4) is 0 Å². The molecule has 0 aliphatic rings. The second-order valence-corrected chi connectivity index (χ2v) is 3.22. The molecular formula is C7H8INO. The van der Waals surface area contributed by atoms with Gasteiger partial charge in [0.1, 0.15) is 0 Å². The lowest BCUT2D eigenvalue weighted by Gasteiger charge is -1.99. The summed E-state index contributed by atoms with van der Waals surface area (Å²) in [6.07, 6.45) is 1.85. The highest BCUT2D eigenvalue weighted by atomic mass is 127. The zero-order valence-corrected chi connectivity index (χ0v) is 7.83. The van der Waals surface area contributed by atoms with Gasteiger partial charge in [0.2, 0.25) is 0 Å². The molecule has 0 unspecified atom stereocenters. The SMILES string of the molecule is CCn1cc(I)ccc1=O. The predicted molar refractivity (Wildman–Crippen MR) is 49.1 cm³/mol. The quantitative estimate of drug-likeness (QED) is 0.691. The maximum Gasteiger partial charge on any atom is 0.250 e. The van der Waals surface area contributed by atoms with E-state index in [0.29, 0.717) is 0 Å². The van der Waals surface area contributed by atoms with Crippen molar-refractivity contribution in [1.29, 1.82) is 0 Å².